The fourth-order valence-corrected chi connectivity index (χ4v) is 5.39. The maximum Gasteiger partial charge on any atom is 0.354 e. The number of fused-ring (bicyclic) bond motifs is 1. The van der Waals surface area contributed by atoms with Crippen LogP contribution in [0, 0.1) is 5.82 Å². The molecule has 0 aliphatic heterocycles. The lowest BCUT2D eigenvalue weighted by molar-refractivity contribution is -0.119. The number of halogens is 2. The Morgan fingerprint density at radius 3 is 2.60 bits per heavy atom. The van der Waals surface area contributed by atoms with Gasteiger partial charge >= 0.3 is 5.69 Å². The van der Waals surface area contributed by atoms with Crippen LogP contribution < -0.4 is 27.8 Å². The molecule has 11 heteroatoms. The number of nitrogens with two attached hydrogens (primary N) is 2. The Kier molecular flexibility index (Phi) is 11.5. The highest BCUT2D eigenvalue weighted by Crippen LogP contribution is 2.31. The second-order valence-corrected chi connectivity index (χ2v) is 11.4. The molecule has 1 amide bonds. The molecule has 4 rings (SSSR count). The first kappa shape index (κ1) is 32.3. The van der Waals surface area contributed by atoms with Crippen molar-refractivity contribution in [3.05, 3.63) is 81.1 Å². The number of aryl methyl sites for hydroxylation is 1. The normalized spacial score (nSPS) is 12.9. The zero-order valence-corrected chi connectivity index (χ0v) is 25.5. The van der Waals surface area contributed by atoms with E-state index in [4.69, 9.17) is 23.1 Å². The van der Waals surface area contributed by atoms with Crippen LogP contribution in [0.2, 0.25) is 5.02 Å². The molecule has 230 valence electrons. The highest BCUT2D eigenvalue weighted by molar-refractivity contribution is 6.31. The van der Waals surface area contributed by atoms with Gasteiger partial charge in [0.2, 0.25) is 5.91 Å². The number of carbonyl (C=O) groups is 1. The Balaban J connectivity index is 1.53. The Hall–Kier alpha value is -3.57. The van der Waals surface area contributed by atoms with Crippen LogP contribution in [-0.2, 0) is 11.2 Å². The van der Waals surface area contributed by atoms with E-state index in [1.165, 1.54) is 4.57 Å². The van der Waals surface area contributed by atoms with E-state index in [0.717, 1.165) is 56.2 Å². The fraction of sp³-hybridized carbons (Fsp3) is 0.406. The number of amides is 1. The van der Waals surface area contributed by atoms with Gasteiger partial charge in [-0.3, -0.25) is 9.36 Å². The lowest BCUT2D eigenvalue weighted by atomic mass is 10.0. The van der Waals surface area contributed by atoms with Gasteiger partial charge in [-0.2, -0.15) is 4.98 Å². The molecule has 2 unspecified atom stereocenters. The van der Waals surface area contributed by atoms with Gasteiger partial charge in [-0.25, -0.2) is 9.18 Å². The molecule has 2 aromatic carbocycles. The van der Waals surface area contributed by atoms with Gasteiger partial charge in [0.25, 0.3) is 0 Å². The number of benzene rings is 2. The first-order chi connectivity index (χ1) is 20.7. The number of aromatic amines is 1. The van der Waals surface area contributed by atoms with Gasteiger partial charge in [-0.05, 0) is 87.0 Å². The number of hydrogen-bond donors (Lipinski definition) is 5. The number of aromatic nitrogens is 3. The van der Waals surface area contributed by atoms with Crippen molar-refractivity contribution >= 4 is 28.5 Å². The molecule has 0 bridgehead atoms. The minimum absolute atomic E-state index is 0.00817. The molecule has 0 saturated heterocycles. The largest absolute Gasteiger partial charge is 0.355 e. The van der Waals surface area contributed by atoms with E-state index in [9.17, 15) is 9.59 Å². The van der Waals surface area contributed by atoms with Crippen molar-refractivity contribution in [2.75, 3.05) is 19.6 Å². The summed E-state index contributed by atoms with van der Waals surface area (Å²) in [6, 6.07) is 13.3. The summed E-state index contributed by atoms with van der Waals surface area (Å²) in [5, 5.41) is 7.05. The summed E-state index contributed by atoms with van der Waals surface area (Å²) in [6.45, 7) is 5.40. The summed E-state index contributed by atoms with van der Waals surface area (Å²) >= 11 is 6.25. The van der Waals surface area contributed by atoms with Crippen molar-refractivity contribution < 1.29 is 9.18 Å². The first-order valence-corrected chi connectivity index (χ1v) is 15.2. The van der Waals surface area contributed by atoms with Gasteiger partial charge < -0.3 is 27.1 Å². The molecule has 2 heterocycles. The van der Waals surface area contributed by atoms with Gasteiger partial charge in [-0.15, -0.1) is 0 Å². The topological polar surface area (TPSA) is 144 Å². The molecule has 9 nitrogen and oxygen atoms in total. The third kappa shape index (κ3) is 8.51. The zero-order valence-electron chi connectivity index (χ0n) is 24.8. The molecule has 4 aromatic rings. The molecule has 2 atom stereocenters. The molecule has 0 aliphatic carbocycles. The molecular formula is C32H41ClFN7O2. The SMILES string of the molecule is CCCC(NCCCNC(=O)CN)c1ccc(-n2cc3cc(-c4cc(CCCC(C)N)cc(Cl)c4F)[nH]c3nc2=O)cc1. The number of nitrogens with one attached hydrogen (secondary N) is 3. The lowest BCUT2D eigenvalue weighted by Crippen LogP contribution is -2.33. The molecule has 0 radical (unpaired) electrons. The van der Waals surface area contributed by atoms with Gasteiger partial charge in [0.15, 0.2) is 5.82 Å². The highest BCUT2D eigenvalue weighted by Gasteiger charge is 2.16. The monoisotopic (exact) mass is 609 g/mol. The van der Waals surface area contributed by atoms with E-state index in [1.807, 2.05) is 31.2 Å². The molecule has 2 aromatic heterocycles. The van der Waals surface area contributed by atoms with Crippen molar-refractivity contribution in [3.8, 4) is 16.9 Å². The Morgan fingerprint density at radius 1 is 1.14 bits per heavy atom. The highest BCUT2D eigenvalue weighted by atomic mass is 35.5. The standard InChI is InChI=1S/C32H41ClFN7O2/c1-3-6-27(37-13-5-14-38-29(42)18-35)22-9-11-24(12-10-22)41-19-23-17-28(39-31(23)40-32(41)43)25-15-21(8-4-7-20(2)36)16-26(33)30(25)34/h9-12,15-17,19-20,27,37H,3-8,13-14,18,35-36H2,1-2H3,(H,38,42)(H,39,40,43). The van der Waals surface area contributed by atoms with Crippen LogP contribution in [0.5, 0.6) is 0 Å². The van der Waals surface area contributed by atoms with Crippen LogP contribution >= 0.6 is 11.6 Å². The quantitative estimate of drug-likeness (QED) is 0.123. The molecule has 0 spiro atoms. The summed E-state index contributed by atoms with van der Waals surface area (Å²) in [4.78, 5) is 31.7. The average molecular weight is 610 g/mol. The van der Waals surface area contributed by atoms with E-state index < -0.39 is 11.5 Å². The number of nitrogens with zero attached hydrogens (tertiary/aromatic N) is 2. The third-order valence-corrected chi connectivity index (χ3v) is 7.69. The van der Waals surface area contributed by atoms with Crippen molar-refractivity contribution in [1.29, 1.82) is 0 Å². The van der Waals surface area contributed by atoms with E-state index >= 15 is 4.39 Å². The van der Waals surface area contributed by atoms with Crippen LogP contribution in [0.25, 0.3) is 28.0 Å². The average Bonchev–Trinajstić information content (AvgIpc) is 3.40. The minimum Gasteiger partial charge on any atom is -0.355 e. The van der Waals surface area contributed by atoms with E-state index in [2.05, 4.69) is 27.5 Å². The van der Waals surface area contributed by atoms with Crippen molar-refractivity contribution in [2.45, 2.75) is 64.5 Å². The van der Waals surface area contributed by atoms with Gasteiger partial charge in [-0.1, -0.05) is 37.1 Å². The molecule has 0 saturated carbocycles. The predicted molar refractivity (Wildman–Crippen MR) is 171 cm³/mol. The Bertz CT molecular complexity index is 1580. The number of rotatable bonds is 15. The molecule has 0 fully saturated rings. The van der Waals surface area contributed by atoms with E-state index in [1.54, 1.807) is 24.4 Å². The van der Waals surface area contributed by atoms with Crippen molar-refractivity contribution in [2.24, 2.45) is 11.5 Å². The van der Waals surface area contributed by atoms with Crippen LogP contribution in [-0.4, -0.2) is 46.1 Å². The maximum atomic E-state index is 15.1. The van der Waals surface area contributed by atoms with Crippen LogP contribution in [0.1, 0.15) is 63.1 Å². The molecule has 43 heavy (non-hydrogen) atoms. The minimum atomic E-state index is -0.523. The van der Waals surface area contributed by atoms with Crippen LogP contribution in [0.3, 0.4) is 0 Å². The number of carbonyl (C=O) groups excluding carboxylic acids is 1. The first-order valence-electron chi connectivity index (χ1n) is 14.9. The molecule has 0 aliphatic rings. The summed E-state index contributed by atoms with van der Waals surface area (Å²) < 4.78 is 16.6. The fourth-order valence-electron chi connectivity index (χ4n) is 5.15. The summed E-state index contributed by atoms with van der Waals surface area (Å²) in [6.07, 6.45) is 6.91. The summed E-state index contributed by atoms with van der Waals surface area (Å²) in [7, 11) is 0. The molecular weight excluding hydrogens is 569 g/mol. The second kappa shape index (κ2) is 15.2. The van der Waals surface area contributed by atoms with Crippen LogP contribution in [0.4, 0.5) is 4.39 Å². The maximum absolute atomic E-state index is 15.1. The second-order valence-electron chi connectivity index (χ2n) is 11.0. The van der Waals surface area contributed by atoms with E-state index in [0.29, 0.717) is 34.5 Å². The van der Waals surface area contributed by atoms with Gasteiger partial charge in [0.05, 0.1) is 22.9 Å². The smallest absolute Gasteiger partial charge is 0.354 e. The van der Waals surface area contributed by atoms with Crippen molar-refractivity contribution in [1.82, 2.24) is 25.2 Å². The third-order valence-electron chi connectivity index (χ3n) is 7.41. The number of hydrogen-bond acceptors (Lipinski definition) is 6. The number of H-pyrrole nitrogens is 1. The Labute approximate surface area is 256 Å². The predicted octanol–water partition coefficient (Wildman–Crippen LogP) is 4.74. The Morgan fingerprint density at radius 2 is 1.91 bits per heavy atom. The van der Waals surface area contributed by atoms with Crippen molar-refractivity contribution in [3.63, 3.8) is 0 Å². The summed E-state index contributed by atoms with van der Waals surface area (Å²) in [5.41, 5.74) is 14.7. The zero-order chi connectivity index (χ0) is 30.9. The lowest BCUT2D eigenvalue weighted by Gasteiger charge is -2.19. The van der Waals surface area contributed by atoms with E-state index in [-0.39, 0.29) is 29.6 Å². The summed E-state index contributed by atoms with van der Waals surface area (Å²) in [5.74, 6) is -0.681. The molecule has 7 N–H and O–H groups in total. The van der Waals surface area contributed by atoms with Gasteiger partial charge in [0, 0.05) is 35.8 Å². The van der Waals surface area contributed by atoms with Crippen LogP contribution in [0.15, 0.2) is 53.5 Å². The van der Waals surface area contributed by atoms with Gasteiger partial charge in [0.1, 0.15) is 5.65 Å².